The third kappa shape index (κ3) is 5.07. The lowest BCUT2D eigenvalue weighted by molar-refractivity contribution is -0.130. The van der Waals surface area contributed by atoms with Gasteiger partial charge in [-0.2, -0.15) is 5.10 Å². The number of hydrogen-bond acceptors (Lipinski definition) is 5. The fraction of sp³-hybridized carbons (Fsp3) is 0.333. The Labute approximate surface area is 161 Å². The summed E-state index contributed by atoms with van der Waals surface area (Å²) in [5.74, 6) is -1.97. The quantitative estimate of drug-likeness (QED) is 0.731. The Kier molecular flexibility index (Phi) is 6.57. The number of amides is 3. The zero-order valence-electron chi connectivity index (χ0n) is 15.2. The van der Waals surface area contributed by atoms with E-state index in [0.717, 1.165) is 5.56 Å². The molecule has 1 heterocycles. The van der Waals surface area contributed by atoms with Crippen molar-refractivity contribution in [3.63, 3.8) is 0 Å². The molecule has 0 bridgehead atoms. The molecule has 1 aromatic heterocycles. The van der Waals surface area contributed by atoms with Gasteiger partial charge in [-0.1, -0.05) is 55.8 Å². The van der Waals surface area contributed by atoms with Crippen LogP contribution in [0.5, 0.6) is 0 Å². The van der Waals surface area contributed by atoms with E-state index in [1.165, 1.54) is 4.68 Å². The largest absolute Gasteiger partial charge is 0.448 e. The average Bonchev–Trinajstić information content (AvgIpc) is 2.86. The first-order chi connectivity index (χ1) is 12.7. The van der Waals surface area contributed by atoms with Gasteiger partial charge in [-0.25, -0.2) is 14.3 Å². The third-order valence-corrected chi connectivity index (χ3v) is 4.17. The van der Waals surface area contributed by atoms with Crippen LogP contribution in [0.4, 0.5) is 4.79 Å². The summed E-state index contributed by atoms with van der Waals surface area (Å²) >= 11 is 6.33. The van der Waals surface area contributed by atoms with E-state index in [4.69, 9.17) is 22.1 Å². The number of aryl methyl sites for hydroxylation is 1. The Morgan fingerprint density at radius 3 is 2.44 bits per heavy atom. The van der Waals surface area contributed by atoms with Crippen LogP contribution in [-0.4, -0.2) is 33.8 Å². The van der Waals surface area contributed by atoms with Crippen LogP contribution in [0, 0.1) is 12.8 Å². The standard InChI is InChI=1S/C18H21ClN4O4/c1-10(2)14(16(24)21-18(20)26)27-17(25)13-11(3)22-23(15(13)19)9-12-7-5-4-6-8-12/h4-8,10,14H,9H2,1-3H3,(H3,20,21,24,26)/t14-/m1/s1. The van der Waals surface area contributed by atoms with Gasteiger partial charge in [0.15, 0.2) is 6.10 Å². The summed E-state index contributed by atoms with van der Waals surface area (Å²) in [5.41, 5.74) is 6.36. The minimum Gasteiger partial charge on any atom is -0.448 e. The molecule has 144 valence electrons. The number of nitrogens with two attached hydrogens (primary N) is 1. The van der Waals surface area contributed by atoms with Crippen molar-refractivity contribution in [1.29, 1.82) is 0 Å². The molecule has 27 heavy (non-hydrogen) atoms. The molecule has 0 saturated heterocycles. The summed E-state index contributed by atoms with van der Waals surface area (Å²) in [6, 6.07) is 8.47. The first-order valence-electron chi connectivity index (χ1n) is 8.28. The second-order valence-electron chi connectivity index (χ2n) is 6.32. The van der Waals surface area contributed by atoms with E-state index < -0.39 is 24.0 Å². The van der Waals surface area contributed by atoms with Gasteiger partial charge >= 0.3 is 12.0 Å². The number of esters is 1. The van der Waals surface area contributed by atoms with Gasteiger partial charge in [-0.3, -0.25) is 10.1 Å². The van der Waals surface area contributed by atoms with E-state index in [2.05, 4.69) is 5.10 Å². The number of hydrogen-bond donors (Lipinski definition) is 2. The number of carbonyl (C=O) groups excluding carboxylic acids is 3. The summed E-state index contributed by atoms with van der Waals surface area (Å²) in [6.07, 6.45) is -1.20. The molecule has 0 unspecified atom stereocenters. The molecule has 8 nitrogen and oxygen atoms in total. The highest BCUT2D eigenvalue weighted by Gasteiger charge is 2.30. The van der Waals surface area contributed by atoms with Crippen LogP contribution in [-0.2, 0) is 16.1 Å². The fourth-order valence-electron chi connectivity index (χ4n) is 2.51. The van der Waals surface area contributed by atoms with Gasteiger partial charge in [-0.05, 0) is 18.4 Å². The highest BCUT2D eigenvalue weighted by molar-refractivity contribution is 6.32. The summed E-state index contributed by atoms with van der Waals surface area (Å²) in [6.45, 7) is 5.35. The van der Waals surface area contributed by atoms with Crippen molar-refractivity contribution in [2.45, 2.75) is 33.4 Å². The number of urea groups is 1. The monoisotopic (exact) mass is 392 g/mol. The summed E-state index contributed by atoms with van der Waals surface area (Å²) in [7, 11) is 0. The van der Waals surface area contributed by atoms with Crippen LogP contribution < -0.4 is 11.1 Å². The van der Waals surface area contributed by atoms with E-state index >= 15 is 0 Å². The maximum absolute atomic E-state index is 12.6. The number of aromatic nitrogens is 2. The molecular formula is C18H21ClN4O4. The molecule has 1 atom stereocenters. The molecular weight excluding hydrogens is 372 g/mol. The lowest BCUT2D eigenvalue weighted by Gasteiger charge is -2.19. The van der Waals surface area contributed by atoms with Gasteiger partial charge < -0.3 is 10.5 Å². The van der Waals surface area contributed by atoms with Gasteiger partial charge in [0.25, 0.3) is 5.91 Å². The third-order valence-electron chi connectivity index (χ3n) is 3.79. The van der Waals surface area contributed by atoms with E-state index in [-0.39, 0.29) is 16.6 Å². The fourth-order valence-corrected chi connectivity index (χ4v) is 2.82. The van der Waals surface area contributed by atoms with Crippen molar-refractivity contribution < 1.29 is 19.1 Å². The molecule has 0 fully saturated rings. The predicted molar refractivity (Wildman–Crippen MR) is 99.3 cm³/mol. The molecule has 0 aliphatic heterocycles. The van der Waals surface area contributed by atoms with Crippen LogP contribution in [0.3, 0.4) is 0 Å². The molecule has 3 N–H and O–H groups in total. The number of carbonyl (C=O) groups is 3. The summed E-state index contributed by atoms with van der Waals surface area (Å²) in [5, 5.41) is 6.31. The molecule has 0 saturated carbocycles. The van der Waals surface area contributed by atoms with Crippen LogP contribution >= 0.6 is 11.6 Å². The zero-order chi connectivity index (χ0) is 20.1. The first-order valence-corrected chi connectivity index (χ1v) is 8.66. The van der Waals surface area contributed by atoms with E-state index in [9.17, 15) is 14.4 Å². The van der Waals surface area contributed by atoms with Crippen LogP contribution in [0.25, 0.3) is 0 Å². The Morgan fingerprint density at radius 1 is 1.26 bits per heavy atom. The Bertz CT molecular complexity index is 849. The number of ether oxygens (including phenoxy) is 1. The molecule has 9 heteroatoms. The van der Waals surface area contributed by atoms with Crippen LogP contribution in [0.2, 0.25) is 5.15 Å². The Hall–Kier alpha value is -2.87. The van der Waals surface area contributed by atoms with Gasteiger partial charge in [0.1, 0.15) is 10.7 Å². The topological polar surface area (TPSA) is 116 Å². The van der Waals surface area contributed by atoms with Crippen molar-refractivity contribution in [3.05, 3.63) is 52.3 Å². The maximum atomic E-state index is 12.6. The number of rotatable bonds is 6. The maximum Gasteiger partial charge on any atom is 0.344 e. The second-order valence-corrected chi connectivity index (χ2v) is 6.68. The molecule has 0 aliphatic carbocycles. The summed E-state index contributed by atoms with van der Waals surface area (Å²) < 4.78 is 6.77. The first kappa shape index (κ1) is 20.4. The molecule has 2 rings (SSSR count). The minimum absolute atomic E-state index is 0.0742. The number of halogens is 1. The molecule has 0 aliphatic rings. The molecule has 1 aromatic carbocycles. The normalized spacial score (nSPS) is 11.9. The molecule has 3 amide bonds. The van der Waals surface area contributed by atoms with Crippen LogP contribution in [0.1, 0.15) is 35.5 Å². The van der Waals surface area contributed by atoms with Gasteiger partial charge in [-0.15, -0.1) is 0 Å². The smallest absolute Gasteiger partial charge is 0.344 e. The van der Waals surface area contributed by atoms with E-state index in [1.54, 1.807) is 20.8 Å². The van der Waals surface area contributed by atoms with Crippen molar-refractivity contribution in [3.8, 4) is 0 Å². The minimum atomic E-state index is -1.20. The van der Waals surface area contributed by atoms with Crippen molar-refractivity contribution in [2.24, 2.45) is 11.7 Å². The number of benzene rings is 1. The van der Waals surface area contributed by atoms with Crippen molar-refractivity contribution >= 4 is 29.5 Å². The highest BCUT2D eigenvalue weighted by Crippen LogP contribution is 2.23. The van der Waals surface area contributed by atoms with Crippen molar-refractivity contribution in [2.75, 3.05) is 0 Å². The summed E-state index contributed by atoms with van der Waals surface area (Å²) in [4.78, 5) is 35.5. The van der Waals surface area contributed by atoms with Crippen molar-refractivity contribution in [1.82, 2.24) is 15.1 Å². The van der Waals surface area contributed by atoms with E-state index in [1.807, 2.05) is 35.6 Å². The predicted octanol–water partition coefficient (Wildman–Crippen LogP) is 2.27. The zero-order valence-corrected chi connectivity index (χ0v) is 16.0. The van der Waals surface area contributed by atoms with Crippen LogP contribution in [0.15, 0.2) is 30.3 Å². The van der Waals surface area contributed by atoms with E-state index in [0.29, 0.717) is 12.2 Å². The number of imide groups is 1. The molecule has 0 spiro atoms. The highest BCUT2D eigenvalue weighted by atomic mass is 35.5. The lowest BCUT2D eigenvalue weighted by atomic mass is 10.1. The Balaban J connectivity index is 2.22. The van der Waals surface area contributed by atoms with Gasteiger partial charge in [0, 0.05) is 0 Å². The van der Waals surface area contributed by atoms with Gasteiger partial charge in [0.2, 0.25) is 0 Å². The number of primary amides is 1. The SMILES string of the molecule is Cc1nn(Cc2ccccc2)c(Cl)c1C(=O)O[C@@H](C(=O)NC(N)=O)C(C)C. The average molecular weight is 393 g/mol. The molecule has 0 radical (unpaired) electrons. The molecule has 2 aromatic rings. The van der Waals surface area contributed by atoms with Gasteiger partial charge in [0.05, 0.1) is 12.2 Å². The lowest BCUT2D eigenvalue weighted by Crippen LogP contribution is -2.45. The number of nitrogens with one attached hydrogen (secondary N) is 1. The number of nitrogens with zero attached hydrogens (tertiary/aromatic N) is 2. The second kappa shape index (κ2) is 8.68. The Morgan fingerprint density at radius 2 is 1.89 bits per heavy atom.